The van der Waals surface area contributed by atoms with E-state index in [0.717, 1.165) is 37.6 Å². The minimum absolute atomic E-state index is 0.0334. The van der Waals surface area contributed by atoms with Crippen LogP contribution >= 0.6 is 0 Å². The Morgan fingerprint density at radius 2 is 1.90 bits per heavy atom. The van der Waals surface area contributed by atoms with Crippen LogP contribution in [0.15, 0.2) is 42.5 Å². The summed E-state index contributed by atoms with van der Waals surface area (Å²) in [6.07, 6.45) is 6.11. The lowest BCUT2D eigenvalue weighted by atomic mass is 10.0. The molecule has 0 spiro atoms. The van der Waals surface area contributed by atoms with Crippen LogP contribution in [0, 0.1) is 11.7 Å². The zero-order valence-electron chi connectivity index (χ0n) is 17.6. The van der Waals surface area contributed by atoms with Crippen LogP contribution in [-0.2, 0) is 21.2 Å². The van der Waals surface area contributed by atoms with Crippen LogP contribution in [0.25, 0.3) is 11.3 Å². The predicted molar refractivity (Wildman–Crippen MR) is 117 cm³/mol. The van der Waals surface area contributed by atoms with Crippen LogP contribution in [-0.4, -0.2) is 49.1 Å². The molecule has 1 aliphatic carbocycles. The van der Waals surface area contributed by atoms with Crippen molar-refractivity contribution < 1.29 is 17.6 Å². The minimum atomic E-state index is -3.41. The van der Waals surface area contributed by atoms with Gasteiger partial charge in [0.05, 0.1) is 18.0 Å². The third kappa shape index (κ3) is 5.30. The highest BCUT2D eigenvalue weighted by Crippen LogP contribution is 2.31. The van der Waals surface area contributed by atoms with Crippen molar-refractivity contribution in [3.05, 3.63) is 54.0 Å². The molecule has 2 atom stereocenters. The fourth-order valence-corrected chi connectivity index (χ4v) is 5.64. The summed E-state index contributed by atoms with van der Waals surface area (Å²) in [5.74, 6) is -0.168. The number of carbonyl (C=O) groups excluding carboxylic acids is 1. The minimum Gasteiger partial charge on any atom is -0.337 e. The highest BCUT2D eigenvalue weighted by atomic mass is 32.2. The number of nitrogens with zero attached hydrogens (tertiary/aromatic N) is 2. The number of hydrogen-bond acceptors (Lipinski definition) is 4. The number of amides is 1. The molecule has 31 heavy (non-hydrogen) atoms. The molecule has 1 saturated heterocycles. The molecule has 1 aromatic heterocycles. The molecule has 0 unspecified atom stereocenters. The van der Waals surface area contributed by atoms with Gasteiger partial charge in [-0.2, -0.15) is 0 Å². The Labute approximate surface area is 182 Å². The van der Waals surface area contributed by atoms with Gasteiger partial charge in [-0.3, -0.25) is 9.78 Å². The first kappa shape index (κ1) is 21.9. The van der Waals surface area contributed by atoms with Crippen LogP contribution in [0.5, 0.6) is 0 Å². The van der Waals surface area contributed by atoms with Crippen molar-refractivity contribution in [1.82, 2.24) is 14.6 Å². The number of sulfonamides is 1. The van der Waals surface area contributed by atoms with E-state index in [4.69, 9.17) is 0 Å². The number of pyridine rings is 1. The number of hydrogen-bond donors (Lipinski definition) is 1. The van der Waals surface area contributed by atoms with E-state index in [1.807, 2.05) is 23.1 Å². The van der Waals surface area contributed by atoms with Gasteiger partial charge in [0, 0.05) is 36.2 Å². The molecule has 1 N–H and O–H groups in total. The van der Waals surface area contributed by atoms with Crippen molar-refractivity contribution in [1.29, 1.82) is 0 Å². The van der Waals surface area contributed by atoms with Gasteiger partial charge in [-0.25, -0.2) is 17.5 Å². The first-order valence-electron chi connectivity index (χ1n) is 10.8. The van der Waals surface area contributed by atoms with E-state index >= 15 is 0 Å². The molecule has 0 radical (unpaired) electrons. The van der Waals surface area contributed by atoms with E-state index < -0.39 is 10.0 Å². The van der Waals surface area contributed by atoms with Gasteiger partial charge in [0.15, 0.2) is 0 Å². The molecule has 2 heterocycles. The highest BCUT2D eigenvalue weighted by Gasteiger charge is 2.41. The number of benzene rings is 1. The molecule has 8 heteroatoms. The molecule has 1 aliphatic heterocycles. The highest BCUT2D eigenvalue weighted by molar-refractivity contribution is 7.88. The van der Waals surface area contributed by atoms with E-state index in [2.05, 4.69) is 9.71 Å². The summed E-state index contributed by atoms with van der Waals surface area (Å²) in [6.45, 7) is 0.538. The third-order valence-electron chi connectivity index (χ3n) is 6.24. The average Bonchev–Trinajstić information content (AvgIpc) is 3.38. The number of rotatable bonds is 6. The molecule has 166 valence electrons. The maximum absolute atomic E-state index is 13.6. The van der Waals surface area contributed by atoms with Gasteiger partial charge in [-0.15, -0.1) is 0 Å². The normalized spacial score (nSPS) is 22.2. The number of carbonyl (C=O) groups is 1. The predicted octanol–water partition coefficient (Wildman–Crippen LogP) is 3.14. The Bertz CT molecular complexity index is 1050. The largest absolute Gasteiger partial charge is 0.337 e. The summed E-state index contributed by atoms with van der Waals surface area (Å²) in [5.41, 5.74) is 2.08. The number of halogens is 1. The number of nitrogens with one attached hydrogen (secondary N) is 1. The monoisotopic (exact) mass is 445 g/mol. The Morgan fingerprint density at radius 3 is 2.61 bits per heavy atom. The second-order valence-corrected chi connectivity index (χ2v) is 10.4. The zero-order chi connectivity index (χ0) is 22.0. The summed E-state index contributed by atoms with van der Waals surface area (Å²) in [5, 5.41) is 0. The van der Waals surface area contributed by atoms with Crippen molar-refractivity contribution in [2.45, 2.75) is 50.6 Å². The topological polar surface area (TPSA) is 79.4 Å². The molecular formula is C23H28FN3O3S. The first-order chi connectivity index (χ1) is 14.8. The molecular weight excluding hydrogens is 417 g/mol. The van der Waals surface area contributed by atoms with Crippen LogP contribution in [0.1, 0.15) is 37.8 Å². The van der Waals surface area contributed by atoms with E-state index in [1.165, 1.54) is 12.1 Å². The maximum atomic E-state index is 13.6. The van der Waals surface area contributed by atoms with Gasteiger partial charge in [0.1, 0.15) is 5.82 Å². The maximum Gasteiger partial charge on any atom is 0.225 e. The third-order valence-corrected chi connectivity index (χ3v) is 6.98. The quantitative estimate of drug-likeness (QED) is 0.741. The molecule has 0 bridgehead atoms. The van der Waals surface area contributed by atoms with Crippen molar-refractivity contribution >= 4 is 15.9 Å². The lowest BCUT2D eigenvalue weighted by Gasteiger charge is -2.30. The lowest BCUT2D eigenvalue weighted by Crippen LogP contribution is -2.49. The number of likely N-dealkylation sites (tertiary alicyclic amines) is 1. The van der Waals surface area contributed by atoms with E-state index in [1.54, 1.807) is 12.1 Å². The van der Waals surface area contributed by atoms with Gasteiger partial charge in [0.2, 0.25) is 15.9 Å². The molecule has 1 amide bonds. The first-order valence-corrected chi connectivity index (χ1v) is 12.7. The summed E-state index contributed by atoms with van der Waals surface area (Å²) in [4.78, 5) is 19.7. The van der Waals surface area contributed by atoms with E-state index in [-0.39, 0.29) is 29.7 Å². The summed E-state index contributed by atoms with van der Waals surface area (Å²) in [7, 11) is -3.41. The number of aromatic nitrogens is 1. The van der Waals surface area contributed by atoms with Crippen molar-refractivity contribution in [3.63, 3.8) is 0 Å². The Hall–Kier alpha value is -2.32. The lowest BCUT2D eigenvalue weighted by molar-refractivity contribution is -0.136. The molecule has 4 rings (SSSR count). The smallest absolute Gasteiger partial charge is 0.225 e. The van der Waals surface area contributed by atoms with Crippen molar-refractivity contribution in [2.75, 3.05) is 12.8 Å². The fraction of sp³-hybridized carbons (Fsp3) is 0.478. The SMILES string of the molecule is CS(=O)(=O)N[C@@H]1CCN(C(=O)C2CCCC2)[C@@H]1Cc1cccc(-c2cccc(F)c2)n1. The molecule has 1 aromatic carbocycles. The summed E-state index contributed by atoms with van der Waals surface area (Å²) < 4.78 is 40.2. The molecule has 1 saturated carbocycles. The molecule has 2 fully saturated rings. The molecule has 2 aromatic rings. The zero-order valence-corrected chi connectivity index (χ0v) is 18.4. The fourth-order valence-electron chi connectivity index (χ4n) is 4.82. The summed E-state index contributed by atoms with van der Waals surface area (Å²) in [6, 6.07) is 11.2. The Morgan fingerprint density at radius 1 is 1.16 bits per heavy atom. The van der Waals surface area contributed by atoms with Crippen LogP contribution in [0.4, 0.5) is 4.39 Å². The second kappa shape index (κ2) is 9.04. The average molecular weight is 446 g/mol. The standard InChI is InChI=1S/C23H28FN3O3S/c1-31(29,30)26-21-12-13-27(23(28)16-6-2-3-7-16)22(21)15-19-10-5-11-20(25-19)17-8-4-9-18(24)14-17/h4-5,8-11,14,16,21-22,26H,2-3,6-7,12-13,15H2,1H3/t21-,22-/m1/s1. The van der Waals surface area contributed by atoms with E-state index in [9.17, 15) is 17.6 Å². The van der Waals surface area contributed by atoms with Crippen molar-refractivity contribution in [2.24, 2.45) is 5.92 Å². The second-order valence-electron chi connectivity index (χ2n) is 8.59. The Kier molecular flexibility index (Phi) is 6.39. The summed E-state index contributed by atoms with van der Waals surface area (Å²) >= 11 is 0. The van der Waals surface area contributed by atoms with Gasteiger partial charge in [-0.1, -0.05) is 31.0 Å². The van der Waals surface area contributed by atoms with Crippen LogP contribution in [0.2, 0.25) is 0 Å². The van der Waals surface area contributed by atoms with Gasteiger partial charge < -0.3 is 4.90 Å². The molecule has 6 nitrogen and oxygen atoms in total. The molecule has 2 aliphatic rings. The van der Waals surface area contributed by atoms with Crippen LogP contribution in [0.3, 0.4) is 0 Å². The van der Waals surface area contributed by atoms with E-state index in [0.29, 0.717) is 30.6 Å². The van der Waals surface area contributed by atoms with Gasteiger partial charge in [-0.05, 0) is 43.5 Å². The van der Waals surface area contributed by atoms with Gasteiger partial charge in [0.25, 0.3) is 0 Å². The van der Waals surface area contributed by atoms with Gasteiger partial charge >= 0.3 is 0 Å². The Balaban J connectivity index is 1.60. The van der Waals surface area contributed by atoms with Crippen molar-refractivity contribution in [3.8, 4) is 11.3 Å². The van der Waals surface area contributed by atoms with Crippen LogP contribution < -0.4 is 4.72 Å².